The van der Waals surface area contributed by atoms with E-state index in [9.17, 15) is 4.79 Å². The highest BCUT2D eigenvalue weighted by Crippen LogP contribution is 2.26. The van der Waals surface area contributed by atoms with Crippen molar-refractivity contribution in [2.45, 2.75) is 39.2 Å². The van der Waals surface area contributed by atoms with Crippen molar-refractivity contribution in [2.75, 3.05) is 20.2 Å². The van der Waals surface area contributed by atoms with E-state index >= 15 is 0 Å². The fraction of sp³-hybridized carbons (Fsp3) is 0.474. The van der Waals surface area contributed by atoms with Gasteiger partial charge in [0, 0.05) is 30.3 Å². The first-order valence-electron chi connectivity index (χ1n) is 8.49. The largest absolute Gasteiger partial charge is 0.497 e. The van der Waals surface area contributed by atoms with Crippen molar-refractivity contribution in [3.8, 4) is 5.75 Å². The van der Waals surface area contributed by atoms with Crippen molar-refractivity contribution in [1.82, 2.24) is 14.9 Å². The Morgan fingerprint density at radius 3 is 2.96 bits per heavy atom. The molecular formula is C19H25N3O2. The van der Waals surface area contributed by atoms with E-state index in [0.717, 1.165) is 49.7 Å². The summed E-state index contributed by atoms with van der Waals surface area (Å²) >= 11 is 0. The van der Waals surface area contributed by atoms with E-state index in [0.29, 0.717) is 5.56 Å². The molecule has 5 heteroatoms. The number of hydrogen-bond acceptors (Lipinski definition) is 4. The van der Waals surface area contributed by atoms with Crippen LogP contribution in [0.2, 0.25) is 0 Å². The predicted octanol–water partition coefficient (Wildman–Crippen LogP) is 2.77. The molecule has 1 aromatic heterocycles. The quantitative estimate of drug-likeness (QED) is 0.938. The van der Waals surface area contributed by atoms with Gasteiger partial charge in [0.25, 0.3) is 5.56 Å². The molecule has 1 aromatic carbocycles. The molecule has 2 aromatic rings. The van der Waals surface area contributed by atoms with Crippen molar-refractivity contribution in [2.24, 2.45) is 0 Å². The third-order valence-corrected chi connectivity index (χ3v) is 4.85. The number of nitrogens with one attached hydrogen (secondary N) is 1. The number of methoxy groups -OCH3 is 1. The molecule has 0 bridgehead atoms. The monoisotopic (exact) mass is 327 g/mol. The molecule has 1 aliphatic heterocycles. The molecular weight excluding hydrogens is 302 g/mol. The molecule has 1 saturated heterocycles. The van der Waals surface area contributed by atoms with Crippen LogP contribution >= 0.6 is 0 Å². The van der Waals surface area contributed by atoms with E-state index in [1.165, 1.54) is 5.56 Å². The molecule has 0 saturated carbocycles. The van der Waals surface area contributed by atoms with Gasteiger partial charge in [0.1, 0.15) is 11.6 Å². The molecule has 1 N–H and O–H groups in total. The number of piperidine rings is 1. The standard InChI is InChI=1S/C19H25N3O2/c1-13-14(2)20-18(21-19(13)23)16-7-5-9-22(12-16)11-15-6-4-8-17(10-15)24-3/h4,6,8,10,16H,5,7,9,11-12H2,1-3H3,(H,20,21,23). The summed E-state index contributed by atoms with van der Waals surface area (Å²) in [4.78, 5) is 22.1. The van der Waals surface area contributed by atoms with Crippen molar-refractivity contribution in [3.05, 3.63) is 57.3 Å². The maximum atomic E-state index is 12.0. The second-order valence-corrected chi connectivity index (χ2v) is 6.59. The van der Waals surface area contributed by atoms with E-state index in [4.69, 9.17) is 4.74 Å². The third-order valence-electron chi connectivity index (χ3n) is 4.85. The van der Waals surface area contributed by atoms with Crippen molar-refractivity contribution in [1.29, 1.82) is 0 Å². The second-order valence-electron chi connectivity index (χ2n) is 6.59. The summed E-state index contributed by atoms with van der Waals surface area (Å²) in [5.41, 5.74) is 2.78. The van der Waals surface area contributed by atoms with Crippen molar-refractivity contribution < 1.29 is 4.74 Å². The zero-order chi connectivity index (χ0) is 17.1. The van der Waals surface area contributed by atoms with Crippen molar-refractivity contribution >= 4 is 0 Å². The Kier molecular flexibility index (Phi) is 5.00. The summed E-state index contributed by atoms with van der Waals surface area (Å²) in [5.74, 6) is 2.01. The first-order chi connectivity index (χ1) is 11.6. The van der Waals surface area contributed by atoms with Gasteiger partial charge in [-0.2, -0.15) is 0 Å². The summed E-state index contributed by atoms with van der Waals surface area (Å²) in [6.45, 7) is 6.61. The zero-order valence-corrected chi connectivity index (χ0v) is 14.6. The van der Waals surface area contributed by atoms with Gasteiger partial charge in [-0.1, -0.05) is 12.1 Å². The molecule has 3 rings (SSSR count). The minimum atomic E-state index is -0.0116. The molecule has 0 amide bonds. The molecule has 0 radical (unpaired) electrons. The molecule has 1 aliphatic rings. The highest BCUT2D eigenvalue weighted by molar-refractivity contribution is 5.28. The van der Waals surface area contributed by atoms with Crippen LogP contribution in [-0.2, 0) is 6.54 Å². The van der Waals surface area contributed by atoms with Gasteiger partial charge >= 0.3 is 0 Å². The summed E-state index contributed by atoms with van der Waals surface area (Å²) in [7, 11) is 1.69. The number of rotatable bonds is 4. The molecule has 2 heterocycles. The number of aromatic nitrogens is 2. The first kappa shape index (κ1) is 16.7. The summed E-state index contributed by atoms with van der Waals surface area (Å²) in [6, 6.07) is 8.20. The Hall–Kier alpha value is -2.14. The maximum absolute atomic E-state index is 12.0. The molecule has 24 heavy (non-hydrogen) atoms. The van der Waals surface area contributed by atoms with E-state index in [1.54, 1.807) is 7.11 Å². The van der Waals surface area contributed by atoms with Crippen LogP contribution in [0.1, 0.15) is 41.4 Å². The fourth-order valence-corrected chi connectivity index (χ4v) is 3.31. The Morgan fingerprint density at radius 2 is 2.21 bits per heavy atom. The number of H-pyrrole nitrogens is 1. The number of nitrogens with zero attached hydrogens (tertiary/aromatic N) is 2. The number of aryl methyl sites for hydroxylation is 1. The molecule has 1 fully saturated rings. The average Bonchev–Trinajstić information content (AvgIpc) is 2.59. The smallest absolute Gasteiger partial charge is 0.254 e. The minimum absolute atomic E-state index is 0.0116. The average molecular weight is 327 g/mol. The number of benzene rings is 1. The lowest BCUT2D eigenvalue weighted by molar-refractivity contribution is 0.196. The predicted molar refractivity (Wildman–Crippen MR) is 94.6 cm³/mol. The van der Waals surface area contributed by atoms with Gasteiger partial charge in [0.05, 0.1) is 7.11 Å². The van der Waals surface area contributed by atoms with E-state index in [1.807, 2.05) is 26.0 Å². The summed E-state index contributed by atoms with van der Waals surface area (Å²) < 4.78 is 5.30. The van der Waals surface area contributed by atoms with Crippen LogP contribution in [-0.4, -0.2) is 35.1 Å². The number of ether oxygens (including phenoxy) is 1. The molecule has 1 atom stereocenters. The van der Waals surface area contributed by atoms with Crippen LogP contribution in [0.15, 0.2) is 29.1 Å². The molecule has 5 nitrogen and oxygen atoms in total. The Balaban J connectivity index is 1.73. The molecule has 0 aliphatic carbocycles. The second kappa shape index (κ2) is 7.18. The van der Waals surface area contributed by atoms with Gasteiger partial charge in [-0.3, -0.25) is 9.69 Å². The molecule has 1 unspecified atom stereocenters. The van der Waals surface area contributed by atoms with E-state index in [2.05, 4.69) is 27.0 Å². The van der Waals surface area contributed by atoms with Crippen molar-refractivity contribution in [3.63, 3.8) is 0 Å². The number of likely N-dealkylation sites (tertiary alicyclic amines) is 1. The Labute approximate surface area is 142 Å². The van der Waals surface area contributed by atoms with Gasteiger partial charge in [-0.25, -0.2) is 4.98 Å². The van der Waals surface area contributed by atoms with Crippen LogP contribution in [0.4, 0.5) is 0 Å². The zero-order valence-electron chi connectivity index (χ0n) is 14.6. The van der Waals surface area contributed by atoms with Gasteiger partial charge in [0.2, 0.25) is 0 Å². The lowest BCUT2D eigenvalue weighted by Gasteiger charge is -2.32. The van der Waals surface area contributed by atoms with E-state index < -0.39 is 0 Å². The fourth-order valence-electron chi connectivity index (χ4n) is 3.31. The van der Waals surface area contributed by atoms with Crippen LogP contribution < -0.4 is 10.3 Å². The minimum Gasteiger partial charge on any atom is -0.497 e. The van der Waals surface area contributed by atoms with Crippen LogP contribution in [0.3, 0.4) is 0 Å². The lowest BCUT2D eigenvalue weighted by Crippen LogP contribution is -2.35. The first-order valence-corrected chi connectivity index (χ1v) is 8.49. The lowest BCUT2D eigenvalue weighted by atomic mass is 9.96. The topological polar surface area (TPSA) is 58.2 Å². The Bertz CT molecular complexity index is 769. The SMILES string of the molecule is COc1cccc(CN2CCCC(c3nc(C)c(C)c(=O)[nH]3)C2)c1. The normalized spacial score (nSPS) is 18.5. The number of hydrogen-bond donors (Lipinski definition) is 1. The highest BCUT2D eigenvalue weighted by atomic mass is 16.5. The van der Waals surface area contributed by atoms with Gasteiger partial charge in [-0.05, 0) is 50.9 Å². The number of aromatic amines is 1. The van der Waals surface area contributed by atoms with Gasteiger partial charge in [-0.15, -0.1) is 0 Å². The van der Waals surface area contributed by atoms with Crippen LogP contribution in [0.5, 0.6) is 5.75 Å². The summed E-state index contributed by atoms with van der Waals surface area (Å²) in [5, 5.41) is 0. The summed E-state index contributed by atoms with van der Waals surface area (Å²) in [6.07, 6.45) is 2.19. The molecule has 0 spiro atoms. The van der Waals surface area contributed by atoms with Crippen LogP contribution in [0.25, 0.3) is 0 Å². The third kappa shape index (κ3) is 3.67. The maximum Gasteiger partial charge on any atom is 0.254 e. The van der Waals surface area contributed by atoms with Crippen LogP contribution in [0, 0.1) is 13.8 Å². The molecule has 128 valence electrons. The van der Waals surface area contributed by atoms with Gasteiger partial charge in [0.15, 0.2) is 0 Å². The van der Waals surface area contributed by atoms with Gasteiger partial charge < -0.3 is 9.72 Å². The van der Waals surface area contributed by atoms with E-state index in [-0.39, 0.29) is 11.5 Å². The Morgan fingerprint density at radius 1 is 1.38 bits per heavy atom. The highest BCUT2D eigenvalue weighted by Gasteiger charge is 2.24.